The molecule has 1 aliphatic heterocycles. The van der Waals surface area contributed by atoms with Crippen LogP contribution in [0.2, 0.25) is 0 Å². The minimum Gasteiger partial charge on any atom is -0.373 e. The lowest BCUT2D eigenvalue weighted by Gasteiger charge is -2.35. The standard InChI is InChI=1S/C14H21NO/c1-11-5-4-6-14(7-11)10-15-8-12(2)16-13(3)9-15/h4-7,12-13H,8-10H2,1-3H3. The van der Waals surface area contributed by atoms with Crippen molar-refractivity contribution < 1.29 is 4.74 Å². The van der Waals surface area contributed by atoms with E-state index in [1.807, 2.05) is 0 Å². The molecule has 2 unspecified atom stereocenters. The highest BCUT2D eigenvalue weighted by Gasteiger charge is 2.21. The smallest absolute Gasteiger partial charge is 0.0678 e. The van der Waals surface area contributed by atoms with Gasteiger partial charge in [0.2, 0.25) is 0 Å². The van der Waals surface area contributed by atoms with Gasteiger partial charge in [-0.3, -0.25) is 4.90 Å². The van der Waals surface area contributed by atoms with E-state index in [2.05, 4.69) is 49.9 Å². The van der Waals surface area contributed by atoms with Crippen LogP contribution in [-0.2, 0) is 11.3 Å². The largest absolute Gasteiger partial charge is 0.373 e. The zero-order valence-electron chi connectivity index (χ0n) is 10.4. The molecule has 0 radical (unpaired) electrons. The molecule has 1 saturated heterocycles. The first kappa shape index (κ1) is 11.6. The van der Waals surface area contributed by atoms with Gasteiger partial charge < -0.3 is 4.74 Å². The molecule has 1 aliphatic rings. The van der Waals surface area contributed by atoms with Gasteiger partial charge in [-0.15, -0.1) is 0 Å². The van der Waals surface area contributed by atoms with Gasteiger partial charge >= 0.3 is 0 Å². The van der Waals surface area contributed by atoms with Crippen molar-refractivity contribution in [1.82, 2.24) is 4.90 Å². The molecule has 0 spiro atoms. The second kappa shape index (κ2) is 4.98. The number of ether oxygens (including phenoxy) is 1. The van der Waals surface area contributed by atoms with Crippen molar-refractivity contribution in [2.24, 2.45) is 0 Å². The van der Waals surface area contributed by atoms with Crippen LogP contribution in [0.1, 0.15) is 25.0 Å². The van der Waals surface area contributed by atoms with Crippen molar-refractivity contribution in [3.8, 4) is 0 Å². The number of hydrogen-bond acceptors (Lipinski definition) is 2. The quantitative estimate of drug-likeness (QED) is 0.758. The Kier molecular flexibility index (Phi) is 3.62. The Bertz CT molecular complexity index is 340. The second-order valence-electron chi connectivity index (χ2n) is 4.94. The summed E-state index contributed by atoms with van der Waals surface area (Å²) in [6, 6.07) is 8.76. The van der Waals surface area contributed by atoms with Gasteiger partial charge in [-0.25, -0.2) is 0 Å². The predicted octanol–water partition coefficient (Wildman–Crippen LogP) is 2.60. The van der Waals surface area contributed by atoms with E-state index in [9.17, 15) is 0 Å². The molecule has 1 aromatic rings. The van der Waals surface area contributed by atoms with Crippen LogP contribution in [-0.4, -0.2) is 30.2 Å². The van der Waals surface area contributed by atoms with Crippen molar-refractivity contribution in [2.75, 3.05) is 13.1 Å². The summed E-state index contributed by atoms with van der Waals surface area (Å²) in [6.45, 7) is 9.57. The van der Waals surface area contributed by atoms with Gasteiger partial charge in [-0.2, -0.15) is 0 Å². The molecule has 0 aliphatic carbocycles. The number of rotatable bonds is 2. The molecule has 88 valence electrons. The van der Waals surface area contributed by atoms with Crippen LogP contribution in [0.5, 0.6) is 0 Å². The summed E-state index contributed by atoms with van der Waals surface area (Å²) in [7, 11) is 0. The van der Waals surface area contributed by atoms with Gasteiger partial charge in [0.25, 0.3) is 0 Å². The molecule has 2 heteroatoms. The monoisotopic (exact) mass is 219 g/mol. The number of morpholine rings is 1. The maximum absolute atomic E-state index is 5.74. The van der Waals surface area contributed by atoms with Crippen LogP contribution in [0.3, 0.4) is 0 Å². The van der Waals surface area contributed by atoms with E-state index in [-0.39, 0.29) is 0 Å². The molecule has 0 saturated carbocycles. The van der Waals surface area contributed by atoms with Crippen molar-refractivity contribution in [1.29, 1.82) is 0 Å². The maximum Gasteiger partial charge on any atom is 0.0678 e. The van der Waals surface area contributed by atoms with Gasteiger partial charge in [0, 0.05) is 19.6 Å². The fourth-order valence-corrected chi connectivity index (χ4v) is 2.48. The highest BCUT2D eigenvalue weighted by molar-refractivity contribution is 5.22. The van der Waals surface area contributed by atoms with Crippen molar-refractivity contribution >= 4 is 0 Å². The van der Waals surface area contributed by atoms with Gasteiger partial charge in [0.05, 0.1) is 12.2 Å². The van der Waals surface area contributed by atoms with Crippen LogP contribution >= 0.6 is 0 Å². The molecule has 1 aromatic carbocycles. The molecule has 2 atom stereocenters. The SMILES string of the molecule is Cc1cccc(CN2CC(C)OC(C)C2)c1. The fourth-order valence-electron chi connectivity index (χ4n) is 2.48. The van der Waals surface area contributed by atoms with Gasteiger partial charge in [-0.05, 0) is 26.3 Å². The van der Waals surface area contributed by atoms with Crippen LogP contribution in [0.25, 0.3) is 0 Å². The third-order valence-corrected chi connectivity index (χ3v) is 2.98. The summed E-state index contributed by atoms with van der Waals surface area (Å²) in [5, 5.41) is 0. The fraction of sp³-hybridized carbons (Fsp3) is 0.571. The molecule has 0 N–H and O–H groups in total. The predicted molar refractivity (Wildman–Crippen MR) is 66.5 cm³/mol. The van der Waals surface area contributed by atoms with E-state index in [4.69, 9.17) is 4.74 Å². The normalized spacial score (nSPS) is 26.9. The second-order valence-corrected chi connectivity index (χ2v) is 4.94. The Labute approximate surface area is 98.2 Å². The van der Waals surface area contributed by atoms with E-state index in [1.165, 1.54) is 11.1 Å². The molecule has 0 aromatic heterocycles. The Morgan fingerprint density at radius 1 is 1.25 bits per heavy atom. The van der Waals surface area contributed by atoms with Crippen molar-refractivity contribution in [3.05, 3.63) is 35.4 Å². The molecule has 2 rings (SSSR count). The molecule has 2 nitrogen and oxygen atoms in total. The van der Waals surface area contributed by atoms with Crippen molar-refractivity contribution in [2.45, 2.75) is 39.5 Å². The number of benzene rings is 1. The summed E-state index contributed by atoms with van der Waals surface area (Å²) in [4.78, 5) is 2.48. The lowest BCUT2D eigenvalue weighted by molar-refractivity contribution is -0.0704. The lowest BCUT2D eigenvalue weighted by atomic mass is 10.1. The molecule has 1 heterocycles. The zero-order valence-corrected chi connectivity index (χ0v) is 10.4. The molecular weight excluding hydrogens is 198 g/mol. The van der Waals surface area contributed by atoms with E-state index in [1.54, 1.807) is 0 Å². The molecule has 0 amide bonds. The first-order valence-electron chi connectivity index (χ1n) is 6.07. The number of nitrogens with zero attached hydrogens (tertiary/aromatic N) is 1. The van der Waals surface area contributed by atoms with Crippen LogP contribution in [0.4, 0.5) is 0 Å². The first-order chi connectivity index (χ1) is 7.63. The summed E-state index contributed by atoms with van der Waals surface area (Å²) < 4.78 is 5.74. The Morgan fingerprint density at radius 2 is 1.94 bits per heavy atom. The third kappa shape index (κ3) is 3.06. The molecule has 1 fully saturated rings. The molecular formula is C14H21NO. The minimum atomic E-state index is 0.355. The lowest BCUT2D eigenvalue weighted by Crippen LogP contribution is -2.44. The first-order valence-corrected chi connectivity index (χ1v) is 6.07. The summed E-state index contributed by atoms with van der Waals surface area (Å²) in [5.74, 6) is 0. The average Bonchev–Trinajstić information content (AvgIpc) is 2.15. The average molecular weight is 219 g/mol. The Morgan fingerprint density at radius 3 is 2.56 bits per heavy atom. The zero-order chi connectivity index (χ0) is 11.5. The topological polar surface area (TPSA) is 12.5 Å². The van der Waals surface area contributed by atoms with Crippen LogP contribution in [0.15, 0.2) is 24.3 Å². The Balaban J connectivity index is 1.98. The number of aryl methyl sites for hydroxylation is 1. The third-order valence-electron chi connectivity index (χ3n) is 2.98. The molecule has 0 bridgehead atoms. The van der Waals surface area contributed by atoms with E-state index >= 15 is 0 Å². The van der Waals surface area contributed by atoms with E-state index < -0.39 is 0 Å². The molecule has 16 heavy (non-hydrogen) atoms. The highest BCUT2D eigenvalue weighted by atomic mass is 16.5. The van der Waals surface area contributed by atoms with E-state index in [0.717, 1.165) is 19.6 Å². The Hall–Kier alpha value is -0.860. The van der Waals surface area contributed by atoms with Crippen LogP contribution < -0.4 is 0 Å². The highest BCUT2D eigenvalue weighted by Crippen LogP contribution is 2.14. The maximum atomic E-state index is 5.74. The van der Waals surface area contributed by atoms with Gasteiger partial charge in [0.15, 0.2) is 0 Å². The summed E-state index contributed by atoms with van der Waals surface area (Å²) in [5.41, 5.74) is 2.74. The summed E-state index contributed by atoms with van der Waals surface area (Å²) in [6.07, 6.45) is 0.710. The number of hydrogen-bond donors (Lipinski definition) is 0. The van der Waals surface area contributed by atoms with Crippen LogP contribution in [0, 0.1) is 6.92 Å². The van der Waals surface area contributed by atoms with Crippen molar-refractivity contribution in [3.63, 3.8) is 0 Å². The van der Waals surface area contributed by atoms with E-state index in [0.29, 0.717) is 12.2 Å². The van der Waals surface area contributed by atoms with Gasteiger partial charge in [-0.1, -0.05) is 29.8 Å². The minimum absolute atomic E-state index is 0.355. The van der Waals surface area contributed by atoms with Gasteiger partial charge in [0.1, 0.15) is 0 Å². The summed E-state index contributed by atoms with van der Waals surface area (Å²) >= 11 is 0.